The van der Waals surface area contributed by atoms with Gasteiger partial charge in [0.2, 0.25) is 0 Å². The van der Waals surface area contributed by atoms with Gasteiger partial charge < -0.3 is 4.74 Å². The third-order valence-corrected chi connectivity index (χ3v) is 15.7. The van der Waals surface area contributed by atoms with Crippen molar-refractivity contribution >= 4 is 0 Å². The number of ether oxygens (including phenoxy) is 1. The molecule has 4 atom stereocenters. The van der Waals surface area contributed by atoms with E-state index in [9.17, 15) is 0 Å². The van der Waals surface area contributed by atoms with Gasteiger partial charge in [-0.2, -0.15) is 0 Å². The summed E-state index contributed by atoms with van der Waals surface area (Å²) in [5, 5.41) is 0. The monoisotopic (exact) mass is 741 g/mol. The molecule has 4 unspecified atom stereocenters. The van der Waals surface area contributed by atoms with Crippen LogP contribution in [0.1, 0.15) is 297 Å². The molecule has 1 aliphatic heterocycles. The Hall–Kier alpha value is -0.0400. The minimum absolute atomic E-state index is 0.221. The molecule has 3 rings (SSSR count). The summed E-state index contributed by atoms with van der Waals surface area (Å²) < 4.78 is 7.14. The van der Waals surface area contributed by atoms with Crippen molar-refractivity contribution in [2.45, 2.75) is 303 Å². The molecule has 0 spiro atoms. The van der Waals surface area contributed by atoms with Crippen LogP contribution in [0.2, 0.25) is 0 Å². The molecule has 0 radical (unpaired) electrons. The van der Waals surface area contributed by atoms with Crippen molar-refractivity contribution in [3.8, 4) is 0 Å². The molecule has 0 aromatic heterocycles. The van der Waals surface area contributed by atoms with Crippen LogP contribution in [0.5, 0.6) is 0 Å². The van der Waals surface area contributed by atoms with Gasteiger partial charge >= 0.3 is 0 Å². The van der Waals surface area contributed by atoms with Crippen LogP contribution in [0.3, 0.4) is 0 Å². The first-order valence-electron chi connectivity index (χ1n) is 25.8. The summed E-state index contributed by atoms with van der Waals surface area (Å²) in [6.07, 6.45) is 61.6. The summed E-state index contributed by atoms with van der Waals surface area (Å²) in [6, 6.07) is 0. The quantitative estimate of drug-likeness (QED) is 0.0581. The summed E-state index contributed by atoms with van der Waals surface area (Å²) in [7, 11) is 0. The van der Waals surface area contributed by atoms with Gasteiger partial charge in [-0.25, -0.2) is 0 Å². The summed E-state index contributed by atoms with van der Waals surface area (Å²) in [4.78, 5) is 0. The molecular weight excluding hydrogens is 641 g/mol. The normalized spacial score (nSPS) is 25.1. The third-order valence-electron chi connectivity index (χ3n) is 15.7. The molecular formula is C52H100O. The zero-order chi connectivity index (χ0) is 37.8. The number of hydrogen-bond acceptors (Lipinski definition) is 1. The predicted octanol–water partition coefficient (Wildman–Crippen LogP) is 18.5. The lowest BCUT2D eigenvalue weighted by molar-refractivity contribution is -0.181. The van der Waals surface area contributed by atoms with E-state index in [1.54, 1.807) is 19.3 Å². The topological polar surface area (TPSA) is 9.23 Å². The van der Waals surface area contributed by atoms with Crippen LogP contribution in [0, 0.1) is 22.7 Å². The van der Waals surface area contributed by atoms with Crippen LogP contribution in [0.25, 0.3) is 0 Å². The van der Waals surface area contributed by atoms with Gasteiger partial charge in [-0.05, 0) is 80.5 Å². The van der Waals surface area contributed by atoms with E-state index in [0.717, 1.165) is 18.4 Å². The largest absolute Gasteiger partial charge is 0.375 e. The Morgan fingerprint density at radius 3 is 1.17 bits per heavy atom. The summed E-state index contributed by atoms with van der Waals surface area (Å²) in [5.41, 5.74) is 1.41. The Morgan fingerprint density at radius 1 is 0.358 bits per heavy atom. The molecule has 0 aromatic carbocycles. The predicted molar refractivity (Wildman–Crippen MR) is 237 cm³/mol. The number of hydrogen-bond donors (Lipinski definition) is 0. The molecule has 1 heteroatoms. The molecule has 3 fully saturated rings. The first-order valence-corrected chi connectivity index (χ1v) is 25.8. The smallest absolute Gasteiger partial charge is 0.0716 e. The Kier molecular flexibility index (Phi) is 26.1. The zero-order valence-corrected chi connectivity index (χ0v) is 37.5. The molecule has 0 amide bonds. The van der Waals surface area contributed by atoms with Crippen LogP contribution in [0.4, 0.5) is 0 Å². The van der Waals surface area contributed by atoms with Gasteiger partial charge in [-0.3, -0.25) is 0 Å². The lowest BCUT2D eigenvalue weighted by atomic mass is 9.41. The summed E-state index contributed by atoms with van der Waals surface area (Å²) in [5.74, 6) is 1.82. The molecule has 2 aliphatic carbocycles. The molecule has 0 bridgehead atoms. The van der Waals surface area contributed by atoms with E-state index in [0.29, 0.717) is 10.8 Å². The highest BCUT2D eigenvalue weighted by atomic mass is 16.5. The van der Waals surface area contributed by atoms with Gasteiger partial charge in [0.05, 0.1) is 5.60 Å². The highest BCUT2D eigenvalue weighted by molar-refractivity contribution is 5.13. The lowest BCUT2D eigenvalue weighted by Crippen LogP contribution is -2.59. The first-order chi connectivity index (χ1) is 26.1. The van der Waals surface area contributed by atoms with Gasteiger partial charge in [0.1, 0.15) is 0 Å². The molecule has 314 valence electrons. The average molecular weight is 741 g/mol. The highest BCUT2D eigenvalue weighted by Gasteiger charge is 2.64. The van der Waals surface area contributed by atoms with Crippen LogP contribution in [-0.4, -0.2) is 12.2 Å². The average Bonchev–Trinajstić information content (AvgIpc) is 3.61. The van der Waals surface area contributed by atoms with Crippen LogP contribution >= 0.6 is 0 Å². The molecule has 53 heavy (non-hydrogen) atoms. The maximum atomic E-state index is 7.14. The van der Waals surface area contributed by atoms with Crippen LogP contribution < -0.4 is 0 Å². The fourth-order valence-corrected chi connectivity index (χ4v) is 12.9. The number of rotatable bonds is 36. The van der Waals surface area contributed by atoms with Crippen molar-refractivity contribution in [2.24, 2.45) is 22.7 Å². The fraction of sp³-hybridized carbons (Fsp3) is 1.00. The SMILES string of the molecule is CCCCCCCCCCC1(CCCCCCCCCC)CCCC2(CCCCCCCCCC)C1CCC1(CCCCCCCCCC)OCCC12. The maximum absolute atomic E-state index is 7.14. The summed E-state index contributed by atoms with van der Waals surface area (Å²) >= 11 is 0. The highest BCUT2D eigenvalue weighted by Crippen LogP contribution is 2.69. The first kappa shape index (κ1) is 47.3. The van der Waals surface area contributed by atoms with Gasteiger partial charge in [0.25, 0.3) is 0 Å². The Labute approximate surface area is 335 Å². The zero-order valence-electron chi connectivity index (χ0n) is 37.5. The molecule has 3 aliphatic rings. The Morgan fingerprint density at radius 2 is 0.736 bits per heavy atom. The van der Waals surface area contributed by atoms with Gasteiger partial charge in [0, 0.05) is 6.61 Å². The Bertz CT molecular complexity index is 813. The molecule has 0 N–H and O–H groups in total. The minimum atomic E-state index is 0.221. The summed E-state index contributed by atoms with van der Waals surface area (Å²) in [6.45, 7) is 10.5. The van der Waals surface area contributed by atoms with E-state index in [2.05, 4.69) is 27.7 Å². The molecule has 0 aromatic rings. The number of fused-ring (bicyclic) bond motifs is 3. The van der Waals surface area contributed by atoms with E-state index < -0.39 is 0 Å². The van der Waals surface area contributed by atoms with Crippen molar-refractivity contribution in [2.75, 3.05) is 6.61 Å². The molecule has 1 heterocycles. The lowest BCUT2D eigenvalue weighted by Gasteiger charge is -2.64. The van der Waals surface area contributed by atoms with Crippen LogP contribution in [0.15, 0.2) is 0 Å². The van der Waals surface area contributed by atoms with Crippen molar-refractivity contribution < 1.29 is 4.74 Å². The van der Waals surface area contributed by atoms with E-state index in [1.807, 2.05) is 0 Å². The van der Waals surface area contributed by atoms with Crippen LogP contribution in [-0.2, 0) is 4.74 Å². The van der Waals surface area contributed by atoms with E-state index in [4.69, 9.17) is 4.74 Å². The van der Waals surface area contributed by atoms with Crippen molar-refractivity contribution in [1.29, 1.82) is 0 Å². The molecule has 1 nitrogen and oxygen atoms in total. The fourth-order valence-electron chi connectivity index (χ4n) is 12.9. The van der Waals surface area contributed by atoms with Gasteiger partial charge in [-0.15, -0.1) is 0 Å². The van der Waals surface area contributed by atoms with E-state index >= 15 is 0 Å². The van der Waals surface area contributed by atoms with Crippen molar-refractivity contribution in [3.05, 3.63) is 0 Å². The Balaban J connectivity index is 1.73. The standard InChI is InChI=1S/C52H100O/c1-5-9-13-17-21-25-29-33-40-50(41-34-30-26-22-18-14-10-6-2)42-37-44-51(43-35-31-27-23-19-15-11-7-3)48(50)38-46-52(49(51)39-47-53-52)45-36-32-28-24-20-16-12-8-4/h48-49H,5-47H2,1-4H3. The molecule has 1 saturated heterocycles. The number of unbranched alkanes of at least 4 members (excludes halogenated alkanes) is 28. The van der Waals surface area contributed by atoms with Crippen molar-refractivity contribution in [1.82, 2.24) is 0 Å². The third kappa shape index (κ3) is 16.4. The van der Waals surface area contributed by atoms with E-state index in [-0.39, 0.29) is 5.60 Å². The molecule has 2 saturated carbocycles. The van der Waals surface area contributed by atoms with Gasteiger partial charge in [-0.1, -0.05) is 240 Å². The second kappa shape index (κ2) is 29.2. The minimum Gasteiger partial charge on any atom is -0.375 e. The maximum Gasteiger partial charge on any atom is 0.0716 e. The second-order valence-electron chi connectivity index (χ2n) is 19.7. The van der Waals surface area contributed by atoms with Gasteiger partial charge in [0.15, 0.2) is 0 Å². The van der Waals surface area contributed by atoms with Crippen molar-refractivity contribution in [3.63, 3.8) is 0 Å². The van der Waals surface area contributed by atoms with E-state index in [1.165, 1.54) is 250 Å². The second-order valence-corrected chi connectivity index (χ2v) is 19.7.